The summed E-state index contributed by atoms with van der Waals surface area (Å²) in [6.45, 7) is 6.01. The molecule has 2 aliphatic rings. The Kier molecular flexibility index (Phi) is 6.32. The molecule has 8 nitrogen and oxygen atoms in total. The summed E-state index contributed by atoms with van der Waals surface area (Å²) in [5.74, 6) is 0.00501. The first-order valence-electron chi connectivity index (χ1n) is 10.4. The molecule has 10 heteroatoms. The lowest BCUT2D eigenvalue weighted by Gasteiger charge is -2.38. The van der Waals surface area contributed by atoms with E-state index in [1.807, 2.05) is 18.7 Å². The van der Waals surface area contributed by atoms with Gasteiger partial charge in [0.25, 0.3) is 5.91 Å². The number of benzene rings is 1. The number of nitrogens with two attached hydrogens (primary N) is 1. The minimum atomic E-state index is -0.478. The summed E-state index contributed by atoms with van der Waals surface area (Å²) in [5.41, 5.74) is 9.23. The minimum Gasteiger partial charge on any atom is -0.487 e. The van der Waals surface area contributed by atoms with E-state index in [1.165, 1.54) is 18.2 Å². The maximum atomic E-state index is 13.9. The Hall–Kier alpha value is -2.75. The number of rotatable bonds is 6. The number of aromatic nitrogens is 2. The number of carbonyl (C=O) groups is 1. The SMILES string of the molecule is Cc1nc(C2=C(N)CN(C(=O)c3ccc(F)cc3OC3CN(CCO)C3)C2)[nH+]c(C)c1Cl. The number of aromatic amines is 1. The normalized spacial score (nSPS) is 17.1. The fraction of sp³-hybridized carbons (Fsp3) is 0.409. The summed E-state index contributed by atoms with van der Waals surface area (Å²) in [6, 6.07) is 3.91. The molecule has 2 aromatic rings. The van der Waals surface area contributed by atoms with Crippen LogP contribution >= 0.6 is 11.6 Å². The van der Waals surface area contributed by atoms with Crippen LogP contribution in [-0.2, 0) is 0 Å². The van der Waals surface area contributed by atoms with Crippen molar-refractivity contribution in [3.63, 3.8) is 0 Å². The standard InChI is InChI=1S/C22H25ClFN5O3/c1-12-20(23)13(2)27-21(26-12)17-10-29(11-18(17)25)22(31)16-4-3-14(24)7-19(16)32-15-8-28(9-15)5-6-30/h3-4,7,15,30H,5-6,8-11,25H2,1-2H3/p+1. The molecule has 1 fully saturated rings. The minimum absolute atomic E-state index is 0.0705. The van der Waals surface area contributed by atoms with Crippen LogP contribution in [0.5, 0.6) is 5.75 Å². The van der Waals surface area contributed by atoms with E-state index in [0.29, 0.717) is 41.9 Å². The quantitative estimate of drug-likeness (QED) is 0.668. The molecule has 0 bridgehead atoms. The number of likely N-dealkylation sites (tertiary alicyclic amines) is 1. The molecule has 2 aliphatic heterocycles. The zero-order valence-corrected chi connectivity index (χ0v) is 18.7. The van der Waals surface area contributed by atoms with Crippen molar-refractivity contribution < 1.29 is 24.0 Å². The molecule has 0 unspecified atom stereocenters. The van der Waals surface area contributed by atoms with E-state index in [0.717, 1.165) is 11.3 Å². The van der Waals surface area contributed by atoms with Gasteiger partial charge >= 0.3 is 5.82 Å². The molecule has 3 heterocycles. The molecule has 0 aliphatic carbocycles. The molecular weight excluding hydrogens is 437 g/mol. The monoisotopic (exact) mass is 462 g/mol. The average molecular weight is 463 g/mol. The number of hydrogen-bond acceptors (Lipinski definition) is 6. The summed E-state index contributed by atoms with van der Waals surface area (Å²) in [4.78, 5) is 24.5. The first kappa shape index (κ1) is 22.4. The van der Waals surface area contributed by atoms with Crippen molar-refractivity contribution in [3.05, 3.63) is 57.5 Å². The van der Waals surface area contributed by atoms with Crippen LogP contribution in [0, 0.1) is 19.7 Å². The highest BCUT2D eigenvalue weighted by Gasteiger charge is 2.34. The third-order valence-corrected chi connectivity index (χ3v) is 6.27. The Morgan fingerprint density at radius 3 is 2.81 bits per heavy atom. The molecule has 0 radical (unpaired) electrons. The Morgan fingerprint density at radius 2 is 2.12 bits per heavy atom. The molecule has 1 aromatic carbocycles. The van der Waals surface area contributed by atoms with Crippen molar-refractivity contribution in [1.82, 2.24) is 14.8 Å². The van der Waals surface area contributed by atoms with Gasteiger partial charge in [-0.1, -0.05) is 11.6 Å². The van der Waals surface area contributed by atoms with Crippen LogP contribution in [0.1, 0.15) is 27.6 Å². The lowest BCUT2D eigenvalue weighted by atomic mass is 10.1. The van der Waals surface area contributed by atoms with Crippen molar-refractivity contribution in [2.45, 2.75) is 20.0 Å². The van der Waals surface area contributed by atoms with E-state index in [-0.39, 0.29) is 43.0 Å². The number of nitrogens with zero attached hydrogens (tertiary/aromatic N) is 3. The lowest BCUT2D eigenvalue weighted by Crippen LogP contribution is -2.54. The average Bonchev–Trinajstić information content (AvgIpc) is 3.11. The van der Waals surface area contributed by atoms with Crippen LogP contribution in [0.15, 0.2) is 23.9 Å². The van der Waals surface area contributed by atoms with Crippen LogP contribution < -0.4 is 15.5 Å². The van der Waals surface area contributed by atoms with Gasteiger partial charge in [-0.25, -0.2) is 9.37 Å². The second-order valence-corrected chi connectivity index (χ2v) is 8.52. The van der Waals surface area contributed by atoms with Crippen molar-refractivity contribution in [1.29, 1.82) is 0 Å². The summed E-state index contributed by atoms with van der Waals surface area (Å²) < 4.78 is 19.8. The number of amides is 1. The van der Waals surface area contributed by atoms with Gasteiger partial charge in [0.2, 0.25) is 0 Å². The van der Waals surface area contributed by atoms with Gasteiger partial charge in [0.15, 0.2) is 5.69 Å². The first-order chi connectivity index (χ1) is 15.3. The van der Waals surface area contributed by atoms with E-state index >= 15 is 0 Å². The number of halogens is 2. The number of aryl methyl sites for hydroxylation is 2. The molecule has 32 heavy (non-hydrogen) atoms. The van der Waals surface area contributed by atoms with Gasteiger partial charge in [-0.15, -0.1) is 0 Å². The highest BCUT2D eigenvalue weighted by molar-refractivity contribution is 6.31. The summed E-state index contributed by atoms with van der Waals surface area (Å²) >= 11 is 6.20. The number of carbonyl (C=O) groups excluding carboxylic acids is 1. The molecule has 0 spiro atoms. The number of aliphatic hydroxyl groups is 1. The molecule has 1 saturated heterocycles. The number of H-pyrrole nitrogens is 1. The summed E-state index contributed by atoms with van der Waals surface area (Å²) in [6.07, 6.45) is -0.161. The number of nitrogens with one attached hydrogen (secondary N) is 1. The van der Waals surface area contributed by atoms with Gasteiger partial charge < -0.3 is 20.5 Å². The maximum Gasteiger partial charge on any atom is 0.328 e. The van der Waals surface area contributed by atoms with Crippen LogP contribution in [-0.4, -0.2) is 71.2 Å². The second kappa shape index (κ2) is 9.01. The van der Waals surface area contributed by atoms with Gasteiger partial charge in [0.05, 0.1) is 30.8 Å². The van der Waals surface area contributed by atoms with E-state index in [9.17, 15) is 9.18 Å². The molecule has 4 N–H and O–H groups in total. The Morgan fingerprint density at radius 1 is 1.38 bits per heavy atom. The summed E-state index contributed by atoms with van der Waals surface area (Å²) in [7, 11) is 0. The molecule has 4 rings (SSSR count). The highest BCUT2D eigenvalue weighted by Crippen LogP contribution is 2.29. The predicted molar refractivity (Wildman–Crippen MR) is 117 cm³/mol. The van der Waals surface area contributed by atoms with Gasteiger partial charge in [-0.05, 0) is 24.0 Å². The highest BCUT2D eigenvalue weighted by atomic mass is 35.5. The van der Waals surface area contributed by atoms with Crippen LogP contribution in [0.3, 0.4) is 0 Å². The zero-order chi connectivity index (χ0) is 23.0. The maximum absolute atomic E-state index is 13.9. The van der Waals surface area contributed by atoms with Crippen molar-refractivity contribution >= 4 is 23.1 Å². The molecule has 0 atom stereocenters. The Bertz CT molecular complexity index is 1060. The van der Waals surface area contributed by atoms with E-state index in [2.05, 4.69) is 9.97 Å². The van der Waals surface area contributed by atoms with Crippen LogP contribution in [0.25, 0.3) is 5.57 Å². The fourth-order valence-electron chi connectivity index (χ4n) is 3.95. The first-order valence-corrected chi connectivity index (χ1v) is 10.8. The molecule has 0 saturated carbocycles. The van der Waals surface area contributed by atoms with Gasteiger partial charge in [0, 0.05) is 38.3 Å². The van der Waals surface area contributed by atoms with E-state index in [1.54, 1.807) is 4.90 Å². The summed E-state index contributed by atoms with van der Waals surface area (Å²) in [5, 5.41) is 9.57. The Labute approximate surface area is 190 Å². The predicted octanol–water partition coefficient (Wildman–Crippen LogP) is 1.19. The van der Waals surface area contributed by atoms with E-state index < -0.39 is 5.82 Å². The molecule has 1 amide bonds. The largest absolute Gasteiger partial charge is 0.487 e. The van der Waals surface area contributed by atoms with Gasteiger partial charge in [-0.2, -0.15) is 0 Å². The topological polar surface area (TPSA) is 106 Å². The smallest absolute Gasteiger partial charge is 0.328 e. The van der Waals surface area contributed by atoms with Gasteiger partial charge in [0.1, 0.15) is 28.4 Å². The van der Waals surface area contributed by atoms with Crippen LogP contribution in [0.4, 0.5) is 4.39 Å². The van der Waals surface area contributed by atoms with E-state index in [4.69, 9.17) is 27.2 Å². The third-order valence-electron chi connectivity index (χ3n) is 5.71. The number of β-amino-alcohol motifs (C(OH)–C–C–N with tert-alkyl or cyclic N) is 1. The van der Waals surface area contributed by atoms with Crippen LogP contribution in [0.2, 0.25) is 5.02 Å². The Balaban J connectivity index is 1.51. The third kappa shape index (κ3) is 4.41. The molecular formula is C22H26ClFN5O3+. The second-order valence-electron chi connectivity index (χ2n) is 8.14. The lowest BCUT2D eigenvalue weighted by molar-refractivity contribution is -0.396. The number of aliphatic hydroxyl groups excluding tert-OH is 1. The van der Waals surface area contributed by atoms with Gasteiger partial charge in [-0.3, -0.25) is 9.69 Å². The van der Waals surface area contributed by atoms with Crippen molar-refractivity contribution in [2.75, 3.05) is 39.3 Å². The number of hydrogen-bond donors (Lipinski definition) is 2. The number of ether oxygens (including phenoxy) is 1. The zero-order valence-electron chi connectivity index (χ0n) is 18.0. The van der Waals surface area contributed by atoms with Crippen molar-refractivity contribution in [2.24, 2.45) is 5.73 Å². The van der Waals surface area contributed by atoms with Crippen molar-refractivity contribution in [3.8, 4) is 5.75 Å². The molecule has 170 valence electrons. The molecule has 1 aromatic heterocycles. The fourth-order valence-corrected chi connectivity index (χ4v) is 4.04.